The number of carbonyl (C=O) groups is 2. The van der Waals surface area contributed by atoms with Crippen molar-refractivity contribution in [2.45, 2.75) is 26.4 Å². The number of benzene rings is 1. The molecule has 0 saturated heterocycles. The van der Waals surface area contributed by atoms with E-state index < -0.39 is 12.0 Å². The molecular formula is C16H17N3O4. The van der Waals surface area contributed by atoms with Crippen molar-refractivity contribution in [1.82, 2.24) is 5.16 Å². The standard InChI is InChI=1S/C16H17N3O4/c1-9-11(10(2)23-18-9)7-15(20)19-8-14(16(17)21)22-13-6-4-3-5-12(13)19/h3-6,14H,7-8H2,1-2H3,(H2,17,21)/t14-/m0/s1. The van der Waals surface area contributed by atoms with Gasteiger partial charge in [0.05, 0.1) is 24.3 Å². The number of para-hydroxylation sites is 2. The van der Waals surface area contributed by atoms with Crippen LogP contribution in [0.3, 0.4) is 0 Å². The average Bonchev–Trinajstić information content (AvgIpc) is 2.85. The zero-order valence-corrected chi connectivity index (χ0v) is 12.9. The lowest BCUT2D eigenvalue weighted by Crippen LogP contribution is -2.49. The van der Waals surface area contributed by atoms with Crippen LogP contribution in [-0.4, -0.2) is 29.6 Å². The highest BCUT2D eigenvalue weighted by Crippen LogP contribution is 2.33. The Morgan fingerprint density at radius 1 is 1.35 bits per heavy atom. The molecule has 1 aliphatic heterocycles. The van der Waals surface area contributed by atoms with Gasteiger partial charge in [-0.15, -0.1) is 0 Å². The van der Waals surface area contributed by atoms with Crippen LogP contribution in [0, 0.1) is 13.8 Å². The minimum absolute atomic E-state index is 0.0918. The number of nitrogens with two attached hydrogens (primary N) is 1. The quantitative estimate of drug-likeness (QED) is 0.915. The van der Waals surface area contributed by atoms with E-state index in [4.69, 9.17) is 15.0 Å². The van der Waals surface area contributed by atoms with Crippen molar-refractivity contribution in [3.63, 3.8) is 0 Å². The van der Waals surface area contributed by atoms with Crippen LogP contribution in [0.2, 0.25) is 0 Å². The average molecular weight is 315 g/mol. The van der Waals surface area contributed by atoms with Gasteiger partial charge in [-0.3, -0.25) is 9.59 Å². The lowest BCUT2D eigenvalue weighted by atomic mass is 10.1. The van der Waals surface area contributed by atoms with Gasteiger partial charge in [0, 0.05) is 5.56 Å². The molecule has 0 aliphatic carbocycles. The van der Waals surface area contributed by atoms with Gasteiger partial charge in [0.1, 0.15) is 11.5 Å². The molecule has 3 rings (SSSR count). The number of carbonyl (C=O) groups excluding carboxylic acids is 2. The maximum Gasteiger partial charge on any atom is 0.260 e. The topological polar surface area (TPSA) is 98.7 Å². The van der Waals surface area contributed by atoms with E-state index in [1.54, 1.807) is 32.0 Å². The number of hydrogen-bond donors (Lipinski definition) is 1. The Bertz CT molecular complexity index is 749. The first-order valence-corrected chi connectivity index (χ1v) is 7.24. The predicted octanol–water partition coefficient (Wildman–Crippen LogP) is 1.11. The van der Waals surface area contributed by atoms with Crippen molar-refractivity contribution in [2.75, 3.05) is 11.4 Å². The van der Waals surface area contributed by atoms with Crippen LogP contribution in [0.1, 0.15) is 17.0 Å². The summed E-state index contributed by atoms with van der Waals surface area (Å²) >= 11 is 0. The Hall–Kier alpha value is -2.83. The fraction of sp³-hybridized carbons (Fsp3) is 0.312. The lowest BCUT2D eigenvalue weighted by molar-refractivity contribution is -0.125. The van der Waals surface area contributed by atoms with E-state index in [9.17, 15) is 9.59 Å². The maximum atomic E-state index is 12.7. The SMILES string of the molecule is Cc1noc(C)c1CC(=O)N1C[C@@H](C(N)=O)Oc2ccccc21. The molecule has 0 saturated carbocycles. The zero-order valence-electron chi connectivity index (χ0n) is 12.9. The van der Waals surface area contributed by atoms with Gasteiger partial charge in [0.25, 0.3) is 5.91 Å². The summed E-state index contributed by atoms with van der Waals surface area (Å²) in [4.78, 5) is 25.8. The third-order valence-corrected chi connectivity index (χ3v) is 3.90. The van der Waals surface area contributed by atoms with Crippen LogP contribution < -0.4 is 15.4 Å². The van der Waals surface area contributed by atoms with Crippen molar-refractivity contribution < 1.29 is 18.8 Å². The first kappa shape index (κ1) is 15.1. The van der Waals surface area contributed by atoms with E-state index in [-0.39, 0.29) is 18.9 Å². The van der Waals surface area contributed by atoms with Crippen molar-refractivity contribution in [3.8, 4) is 5.75 Å². The molecule has 1 aromatic heterocycles. The van der Waals surface area contributed by atoms with Gasteiger partial charge >= 0.3 is 0 Å². The van der Waals surface area contributed by atoms with E-state index in [2.05, 4.69) is 5.16 Å². The summed E-state index contributed by atoms with van der Waals surface area (Å²) in [7, 11) is 0. The van der Waals surface area contributed by atoms with Crippen LogP contribution in [0.15, 0.2) is 28.8 Å². The summed E-state index contributed by atoms with van der Waals surface area (Å²) in [5.74, 6) is 0.314. The van der Waals surface area contributed by atoms with Crippen LogP contribution >= 0.6 is 0 Å². The van der Waals surface area contributed by atoms with Crippen molar-refractivity contribution in [3.05, 3.63) is 41.3 Å². The molecule has 7 heteroatoms. The third-order valence-electron chi connectivity index (χ3n) is 3.90. The van der Waals surface area contributed by atoms with Crippen LogP contribution in [0.25, 0.3) is 0 Å². The molecule has 0 fully saturated rings. The number of anilines is 1. The van der Waals surface area contributed by atoms with E-state index >= 15 is 0 Å². The molecule has 2 heterocycles. The number of fused-ring (bicyclic) bond motifs is 1. The summed E-state index contributed by atoms with van der Waals surface area (Å²) in [5.41, 5.74) is 7.41. The van der Waals surface area contributed by atoms with Crippen LogP contribution in [-0.2, 0) is 16.0 Å². The molecule has 1 aliphatic rings. The van der Waals surface area contributed by atoms with Crippen LogP contribution in [0.4, 0.5) is 5.69 Å². The second kappa shape index (κ2) is 5.75. The molecule has 1 aromatic carbocycles. The molecule has 23 heavy (non-hydrogen) atoms. The second-order valence-corrected chi connectivity index (χ2v) is 5.46. The highest BCUT2D eigenvalue weighted by atomic mass is 16.5. The summed E-state index contributed by atoms with van der Waals surface area (Å²) in [6.45, 7) is 3.65. The van der Waals surface area contributed by atoms with E-state index in [0.29, 0.717) is 22.9 Å². The number of rotatable bonds is 3. The monoisotopic (exact) mass is 315 g/mol. The minimum atomic E-state index is -0.862. The zero-order chi connectivity index (χ0) is 16.6. The highest BCUT2D eigenvalue weighted by Gasteiger charge is 2.33. The van der Waals surface area contributed by atoms with Crippen LogP contribution in [0.5, 0.6) is 5.75 Å². The molecule has 7 nitrogen and oxygen atoms in total. The van der Waals surface area contributed by atoms with Gasteiger partial charge in [-0.1, -0.05) is 17.3 Å². The fourth-order valence-electron chi connectivity index (χ4n) is 2.62. The van der Waals surface area contributed by atoms with Gasteiger partial charge < -0.3 is 19.9 Å². The van der Waals surface area contributed by atoms with Gasteiger partial charge in [-0.2, -0.15) is 0 Å². The van der Waals surface area contributed by atoms with Crippen molar-refractivity contribution in [1.29, 1.82) is 0 Å². The summed E-state index contributed by atoms with van der Waals surface area (Å²) in [6.07, 6.45) is -0.723. The summed E-state index contributed by atoms with van der Waals surface area (Å²) in [5, 5.41) is 3.86. The van der Waals surface area contributed by atoms with E-state index in [1.165, 1.54) is 4.90 Å². The Balaban J connectivity index is 1.91. The second-order valence-electron chi connectivity index (χ2n) is 5.46. The van der Waals surface area contributed by atoms with Gasteiger partial charge in [0.2, 0.25) is 5.91 Å². The molecule has 0 bridgehead atoms. The minimum Gasteiger partial charge on any atom is -0.477 e. The molecule has 120 valence electrons. The number of amides is 2. The normalized spacial score (nSPS) is 16.6. The first-order valence-electron chi connectivity index (χ1n) is 7.24. The molecule has 0 radical (unpaired) electrons. The third kappa shape index (κ3) is 2.77. The Kier molecular flexibility index (Phi) is 3.77. The fourth-order valence-corrected chi connectivity index (χ4v) is 2.62. The van der Waals surface area contributed by atoms with E-state index in [0.717, 1.165) is 5.56 Å². The smallest absolute Gasteiger partial charge is 0.260 e. The highest BCUT2D eigenvalue weighted by molar-refractivity contribution is 5.98. The van der Waals surface area contributed by atoms with Gasteiger partial charge in [0.15, 0.2) is 6.10 Å². The summed E-state index contributed by atoms with van der Waals surface area (Å²) in [6, 6.07) is 7.07. The van der Waals surface area contributed by atoms with Crippen molar-refractivity contribution >= 4 is 17.5 Å². The van der Waals surface area contributed by atoms with E-state index in [1.807, 2.05) is 6.07 Å². The molecule has 2 aromatic rings. The van der Waals surface area contributed by atoms with Gasteiger partial charge in [-0.25, -0.2) is 0 Å². The maximum absolute atomic E-state index is 12.7. The number of primary amides is 1. The number of aromatic nitrogens is 1. The molecule has 0 unspecified atom stereocenters. The number of hydrogen-bond acceptors (Lipinski definition) is 5. The Morgan fingerprint density at radius 3 is 2.74 bits per heavy atom. The first-order chi connectivity index (χ1) is 11.0. The molecule has 2 amide bonds. The number of nitrogens with zero attached hydrogens (tertiary/aromatic N) is 2. The number of ether oxygens (including phenoxy) is 1. The van der Waals surface area contributed by atoms with Crippen molar-refractivity contribution in [2.24, 2.45) is 5.73 Å². The molecule has 1 atom stereocenters. The molecular weight excluding hydrogens is 298 g/mol. The Labute approximate surface area is 133 Å². The molecule has 2 N–H and O–H groups in total. The number of aryl methyl sites for hydroxylation is 2. The lowest BCUT2D eigenvalue weighted by Gasteiger charge is -2.33. The summed E-state index contributed by atoms with van der Waals surface area (Å²) < 4.78 is 10.6. The van der Waals surface area contributed by atoms with Gasteiger partial charge in [-0.05, 0) is 26.0 Å². The largest absolute Gasteiger partial charge is 0.477 e. The molecule has 0 spiro atoms. The predicted molar refractivity (Wildman–Crippen MR) is 82.1 cm³/mol. The Morgan fingerprint density at radius 2 is 2.09 bits per heavy atom.